The predicted octanol–water partition coefficient (Wildman–Crippen LogP) is 4.49. The van der Waals surface area contributed by atoms with Crippen LogP contribution in [0.1, 0.15) is 45.7 Å². The Kier molecular flexibility index (Phi) is 6.07. The van der Waals surface area contributed by atoms with Gasteiger partial charge in [0, 0.05) is 16.2 Å². The van der Waals surface area contributed by atoms with E-state index in [1.807, 2.05) is 18.8 Å². The van der Waals surface area contributed by atoms with Crippen molar-refractivity contribution in [1.29, 1.82) is 0 Å². The zero-order chi connectivity index (χ0) is 12.8. The molecule has 2 unspecified atom stereocenters. The van der Waals surface area contributed by atoms with Gasteiger partial charge >= 0.3 is 0 Å². The maximum atomic E-state index is 3.40. The Morgan fingerprint density at radius 1 is 1.18 bits per heavy atom. The number of nitrogens with one attached hydrogen (secondary N) is 1. The largest absolute Gasteiger partial charge is 0.313 e. The summed E-state index contributed by atoms with van der Waals surface area (Å²) in [6, 6.07) is 9.25. The van der Waals surface area contributed by atoms with Crippen molar-refractivity contribution in [2.75, 3.05) is 7.05 Å². The lowest BCUT2D eigenvalue weighted by atomic mass is 10.1. The van der Waals surface area contributed by atoms with E-state index in [9.17, 15) is 0 Å². The normalized spacial score (nSPS) is 14.9. The van der Waals surface area contributed by atoms with Gasteiger partial charge in [-0.1, -0.05) is 45.9 Å². The van der Waals surface area contributed by atoms with Gasteiger partial charge in [0.2, 0.25) is 0 Å². The van der Waals surface area contributed by atoms with Gasteiger partial charge in [0.05, 0.1) is 0 Å². The molecule has 2 atom stereocenters. The molecule has 0 radical (unpaired) electrons. The molecule has 0 saturated carbocycles. The van der Waals surface area contributed by atoms with E-state index in [0.717, 1.165) is 6.42 Å². The molecule has 17 heavy (non-hydrogen) atoms. The Balaban J connectivity index is 2.91. The van der Waals surface area contributed by atoms with Gasteiger partial charge in [-0.25, -0.2) is 0 Å². The Labute approximate surface area is 110 Å². The van der Waals surface area contributed by atoms with Gasteiger partial charge < -0.3 is 5.32 Å². The van der Waals surface area contributed by atoms with Crippen LogP contribution >= 0.6 is 11.8 Å². The summed E-state index contributed by atoms with van der Waals surface area (Å²) in [6.07, 6.45) is 1.13. The summed E-state index contributed by atoms with van der Waals surface area (Å²) < 4.78 is 0. The van der Waals surface area contributed by atoms with E-state index in [-0.39, 0.29) is 0 Å². The molecule has 2 heteroatoms. The molecule has 1 aromatic carbocycles. The smallest absolute Gasteiger partial charge is 0.0326 e. The van der Waals surface area contributed by atoms with Crippen molar-refractivity contribution in [2.24, 2.45) is 5.92 Å². The van der Waals surface area contributed by atoms with Gasteiger partial charge in [-0.3, -0.25) is 0 Å². The minimum Gasteiger partial charge on any atom is -0.313 e. The minimum absolute atomic E-state index is 0.470. The molecule has 0 aliphatic carbocycles. The quantitative estimate of drug-likeness (QED) is 0.747. The molecule has 1 aromatic rings. The van der Waals surface area contributed by atoms with Gasteiger partial charge in [-0.2, -0.15) is 0 Å². The molecule has 0 heterocycles. The van der Waals surface area contributed by atoms with Crippen molar-refractivity contribution in [2.45, 2.75) is 50.3 Å². The van der Waals surface area contributed by atoms with Crippen molar-refractivity contribution >= 4 is 11.8 Å². The number of hydrogen-bond donors (Lipinski definition) is 1. The van der Waals surface area contributed by atoms with Crippen LogP contribution in [-0.4, -0.2) is 12.3 Å². The fourth-order valence-corrected chi connectivity index (χ4v) is 2.97. The second kappa shape index (κ2) is 7.07. The van der Waals surface area contributed by atoms with Crippen molar-refractivity contribution < 1.29 is 0 Å². The van der Waals surface area contributed by atoms with Crippen LogP contribution in [0.2, 0.25) is 0 Å². The first kappa shape index (κ1) is 14.6. The molecule has 0 saturated heterocycles. The maximum absolute atomic E-state index is 3.40. The van der Waals surface area contributed by atoms with E-state index in [1.165, 1.54) is 10.5 Å². The number of thioether (sulfide) groups is 1. The van der Waals surface area contributed by atoms with Crippen molar-refractivity contribution in [3.8, 4) is 0 Å². The lowest BCUT2D eigenvalue weighted by molar-refractivity contribution is 0.567. The van der Waals surface area contributed by atoms with E-state index in [1.54, 1.807) is 0 Å². The van der Waals surface area contributed by atoms with Gasteiger partial charge in [0.1, 0.15) is 0 Å². The van der Waals surface area contributed by atoms with Crippen LogP contribution in [0.4, 0.5) is 0 Å². The highest BCUT2D eigenvalue weighted by molar-refractivity contribution is 8.00. The number of hydrogen-bond acceptors (Lipinski definition) is 2. The van der Waals surface area contributed by atoms with Crippen LogP contribution in [0.25, 0.3) is 0 Å². The van der Waals surface area contributed by atoms with Crippen LogP contribution < -0.4 is 5.32 Å². The fraction of sp³-hybridized carbons (Fsp3) is 0.600. The van der Waals surface area contributed by atoms with Crippen LogP contribution in [-0.2, 0) is 0 Å². The monoisotopic (exact) mass is 251 g/mol. The summed E-state index contributed by atoms with van der Waals surface area (Å²) in [6.45, 7) is 9.12. The first-order chi connectivity index (χ1) is 8.10. The average Bonchev–Trinajstić information content (AvgIpc) is 2.32. The molecule has 1 rings (SSSR count). The third kappa shape index (κ3) is 4.04. The zero-order valence-corrected chi connectivity index (χ0v) is 12.5. The summed E-state index contributed by atoms with van der Waals surface area (Å²) in [5, 5.41) is 4.06. The highest BCUT2D eigenvalue weighted by atomic mass is 32.2. The molecule has 0 aliphatic rings. The van der Waals surface area contributed by atoms with Crippen LogP contribution in [0.3, 0.4) is 0 Å². The standard InChI is InChI=1S/C15H25NS/c1-6-14(16-5)13-9-7-8-10-15(13)17-12(4)11(2)3/h7-12,14,16H,6H2,1-5H3. The fourth-order valence-electron chi connectivity index (χ4n) is 1.79. The molecule has 0 aliphatic heterocycles. The molecular formula is C15H25NS. The molecule has 0 spiro atoms. The molecule has 0 bridgehead atoms. The van der Waals surface area contributed by atoms with Gasteiger partial charge in [0.15, 0.2) is 0 Å². The zero-order valence-electron chi connectivity index (χ0n) is 11.7. The summed E-state index contributed by atoms with van der Waals surface area (Å²) in [4.78, 5) is 1.43. The highest BCUT2D eigenvalue weighted by Gasteiger charge is 2.15. The molecule has 1 N–H and O–H groups in total. The molecule has 0 aromatic heterocycles. The Morgan fingerprint density at radius 2 is 1.82 bits per heavy atom. The van der Waals surface area contributed by atoms with Crippen molar-refractivity contribution in [3.63, 3.8) is 0 Å². The predicted molar refractivity (Wildman–Crippen MR) is 78.7 cm³/mol. The van der Waals surface area contributed by atoms with Crippen LogP contribution in [0.15, 0.2) is 29.2 Å². The Hall–Kier alpha value is -0.470. The average molecular weight is 251 g/mol. The van der Waals surface area contributed by atoms with Gasteiger partial charge in [-0.15, -0.1) is 11.8 Å². The number of rotatable bonds is 6. The Bertz CT molecular complexity index is 331. The topological polar surface area (TPSA) is 12.0 Å². The van der Waals surface area contributed by atoms with Gasteiger partial charge in [0.25, 0.3) is 0 Å². The first-order valence-corrected chi connectivity index (χ1v) is 7.40. The lowest BCUT2D eigenvalue weighted by Gasteiger charge is -2.21. The van der Waals surface area contributed by atoms with E-state index in [2.05, 4.69) is 57.3 Å². The van der Waals surface area contributed by atoms with Crippen LogP contribution in [0.5, 0.6) is 0 Å². The molecular weight excluding hydrogens is 226 g/mol. The summed E-state index contributed by atoms with van der Waals surface area (Å²) in [5.41, 5.74) is 1.44. The first-order valence-electron chi connectivity index (χ1n) is 6.53. The summed E-state index contributed by atoms with van der Waals surface area (Å²) in [7, 11) is 2.04. The third-order valence-electron chi connectivity index (χ3n) is 3.30. The molecule has 1 nitrogen and oxygen atoms in total. The van der Waals surface area contributed by atoms with Crippen molar-refractivity contribution in [1.82, 2.24) is 5.32 Å². The Morgan fingerprint density at radius 3 is 2.35 bits per heavy atom. The molecule has 0 fully saturated rings. The van der Waals surface area contributed by atoms with Crippen molar-refractivity contribution in [3.05, 3.63) is 29.8 Å². The van der Waals surface area contributed by atoms with E-state index < -0.39 is 0 Å². The molecule has 96 valence electrons. The number of benzene rings is 1. The van der Waals surface area contributed by atoms with Gasteiger partial charge in [-0.05, 0) is 31.0 Å². The second-order valence-corrected chi connectivity index (χ2v) is 6.27. The lowest BCUT2D eigenvalue weighted by Crippen LogP contribution is -2.16. The maximum Gasteiger partial charge on any atom is 0.0326 e. The van der Waals surface area contributed by atoms with E-state index in [0.29, 0.717) is 17.2 Å². The second-order valence-electron chi connectivity index (χ2n) is 4.85. The summed E-state index contributed by atoms with van der Waals surface area (Å²) >= 11 is 2.00. The molecule has 0 amide bonds. The van der Waals surface area contributed by atoms with E-state index in [4.69, 9.17) is 0 Å². The highest BCUT2D eigenvalue weighted by Crippen LogP contribution is 2.33. The SMILES string of the molecule is CCC(NC)c1ccccc1SC(C)C(C)C. The van der Waals surface area contributed by atoms with Crippen LogP contribution in [0, 0.1) is 5.92 Å². The summed E-state index contributed by atoms with van der Waals surface area (Å²) in [5.74, 6) is 0.711. The van der Waals surface area contributed by atoms with E-state index >= 15 is 0 Å². The third-order valence-corrected chi connectivity index (χ3v) is 4.84. The minimum atomic E-state index is 0.470.